The normalized spacial score (nSPS) is 15.2. The zero-order valence-corrected chi connectivity index (χ0v) is 14.0. The summed E-state index contributed by atoms with van der Waals surface area (Å²) in [5.74, 6) is -0.273. The number of primary amides is 1. The van der Waals surface area contributed by atoms with Gasteiger partial charge >= 0.3 is 0 Å². The second kappa shape index (κ2) is 7.47. The van der Waals surface area contributed by atoms with Crippen molar-refractivity contribution in [1.82, 2.24) is 4.90 Å². The topological polar surface area (TPSA) is 63.4 Å². The number of carbonyl (C=O) groups excluding carboxylic acids is 2. The lowest BCUT2D eigenvalue weighted by molar-refractivity contribution is 0.0690. The van der Waals surface area contributed by atoms with E-state index in [0.717, 1.165) is 24.8 Å². The summed E-state index contributed by atoms with van der Waals surface area (Å²) in [7, 11) is 0. The maximum absolute atomic E-state index is 13.3. The number of nitrogens with two attached hydrogens (primary N) is 1. The minimum Gasteiger partial charge on any atom is -0.366 e. The van der Waals surface area contributed by atoms with Crippen LogP contribution in [0.4, 0.5) is 4.39 Å². The van der Waals surface area contributed by atoms with Crippen LogP contribution in [0.5, 0.6) is 0 Å². The van der Waals surface area contributed by atoms with E-state index >= 15 is 0 Å². The fourth-order valence-electron chi connectivity index (χ4n) is 3.30. The van der Waals surface area contributed by atoms with Gasteiger partial charge in [0.15, 0.2) is 0 Å². The zero-order chi connectivity index (χ0) is 17.8. The highest BCUT2D eigenvalue weighted by Crippen LogP contribution is 2.23. The first-order valence-electron chi connectivity index (χ1n) is 8.46. The van der Waals surface area contributed by atoms with Crippen LogP contribution in [0.3, 0.4) is 0 Å². The maximum atomic E-state index is 13.3. The molecule has 4 nitrogen and oxygen atoms in total. The Morgan fingerprint density at radius 3 is 2.28 bits per heavy atom. The number of nitrogens with zero attached hydrogens (tertiary/aromatic N) is 1. The van der Waals surface area contributed by atoms with Gasteiger partial charge in [-0.3, -0.25) is 9.59 Å². The Kier molecular flexibility index (Phi) is 5.12. The highest BCUT2D eigenvalue weighted by molar-refractivity contribution is 5.97. The molecule has 130 valence electrons. The van der Waals surface area contributed by atoms with Crippen LogP contribution >= 0.6 is 0 Å². The quantitative estimate of drug-likeness (QED) is 0.930. The van der Waals surface area contributed by atoms with E-state index < -0.39 is 5.91 Å². The van der Waals surface area contributed by atoms with Gasteiger partial charge in [-0.15, -0.1) is 0 Å². The molecule has 0 aromatic heterocycles. The van der Waals surface area contributed by atoms with Crippen LogP contribution in [0.1, 0.15) is 39.1 Å². The Labute approximate surface area is 146 Å². The van der Waals surface area contributed by atoms with Gasteiger partial charge in [0.25, 0.3) is 5.91 Å². The monoisotopic (exact) mass is 340 g/mol. The summed E-state index contributed by atoms with van der Waals surface area (Å²) in [5.41, 5.74) is 7.18. The molecule has 2 aromatic carbocycles. The molecule has 0 aliphatic carbocycles. The second-order valence-electron chi connectivity index (χ2n) is 6.51. The number of likely N-dealkylation sites (tertiary alicyclic amines) is 1. The number of benzene rings is 2. The van der Waals surface area contributed by atoms with Crippen molar-refractivity contribution in [3.05, 3.63) is 71.0 Å². The molecule has 2 amide bonds. The summed E-state index contributed by atoms with van der Waals surface area (Å²) in [6.07, 6.45) is 2.65. The van der Waals surface area contributed by atoms with Gasteiger partial charge in [-0.05, 0) is 67.1 Å². The van der Waals surface area contributed by atoms with Gasteiger partial charge in [-0.1, -0.05) is 12.1 Å². The Morgan fingerprint density at radius 1 is 1.04 bits per heavy atom. The van der Waals surface area contributed by atoms with Gasteiger partial charge < -0.3 is 10.6 Å². The van der Waals surface area contributed by atoms with Crippen molar-refractivity contribution in [1.29, 1.82) is 0 Å². The minimum atomic E-state index is -0.503. The van der Waals surface area contributed by atoms with E-state index in [2.05, 4.69) is 0 Å². The predicted molar refractivity (Wildman–Crippen MR) is 93.7 cm³/mol. The van der Waals surface area contributed by atoms with E-state index in [4.69, 9.17) is 5.73 Å². The van der Waals surface area contributed by atoms with Gasteiger partial charge in [-0.2, -0.15) is 0 Å². The van der Waals surface area contributed by atoms with E-state index in [1.54, 1.807) is 36.4 Å². The number of amides is 2. The molecule has 2 N–H and O–H groups in total. The summed E-state index contributed by atoms with van der Waals surface area (Å²) >= 11 is 0. The minimum absolute atomic E-state index is 0.0276. The van der Waals surface area contributed by atoms with E-state index in [9.17, 15) is 14.0 Å². The number of hydrogen-bond donors (Lipinski definition) is 1. The van der Waals surface area contributed by atoms with Gasteiger partial charge in [0.2, 0.25) is 5.91 Å². The van der Waals surface area contributed by atoms with Crippen LogP contribution in [0, 0.1) is 11.7 Å². The van der Waals surface area contributed by atoms with Gasteiger partial charge in [0.1, 0.15) is 5.82 Å². The van der Waals surface area contributed by atoms with E-state index in [-0.39, 0.29) is 11.7 Å². The van der Waals surface area contributed by atoms with Crippen molar-refractivity contribution in [3.8, 4) is 0 Å². The third-order valence-electron chi connectivity index (χ3n) is 4.73. The summed E-state index contributed by atoms with van der Waals surface area (Å²) < 4.78 is 13.3. The molecule has 1 aliphatic heterocycles. The summed E-state index contributed by atoms with van der Waals surface area (Å²) in [5, 5.41) is 0. The van der Waals surface area contributed by atoms with Crippen molar-refractivity contribution in [2.75, 3.05) is 13.1 Å². The zero-order valence-electron chi connectivity index (χ0n) is 14.0. The maximum Gasteiger partial charge on any atom is 0.253 e. The Morgan fingerprint density at radius 2 is 1.68 bits per heavy atom. The Hall–Kier alpha value is -2.69. The fourth-order valence-corrected chi connectivity index (χ4v) is 3.30. The molecule has 3 rings (SSSR count). The third kappa shape index (κ3) is 4.24. The summed E-state index contributed by atoms with van der Waals surface area (Å²) in [6, 6.07) is 13.1. The van der Waals surface area contributed by atoms with E-state index in [0.29, 0.717) is 30.1 Å². The molecule has 2 aromatic rings. The molecule has 0 spiro atoms. The molecule has 1 aliphatic rings. The van der Waals surface area contributed by atoms with Crippen molar-refractivity contribution >= 4 is 11.8 Å². The highest BCUT2D eigenvalue weighted by Gasteiger charge is 2.24. The first kappa shape index (κ1) is 17.1. The summed E-state index contributed by atoms with van der Waals surface area (Å²) in [6.45, 7) is 1.38. The van der Waals surface area contributed by atoms with Crippen molar-refractivity contribution in [2.24, 2.45) is 11.7 Å². The third-order valence-corrected chi connectivity index (χ3v) is 4.73. The lowest BCUT2D eigenvalue weighted by Gasteiger charge is -2.32. The first-order chi connectivity index (χ1) is 12.0. The van der Waals surface area contributed by atoms with Crippen LogP contribution < -0.4 is 5.73 Å². The molecule has 0 bridgehead atoms. The molecule has 1 heterocycles. The molecule has 25 heavy (non-hydrogen) atoms. The molecule has 0 atom stereocenters. The number of halogens is 1. The van der Waals surface area contributed by atoms with Crippen LogP contribution in [-0.4, -0.2) is 29.8 Å². The Bertz CT molecular complexity index is 766. The largest absolute Gasteiger partial charge is 0.366 e. The van der Waals surface area contributed by atoms with Crippen LogP contribution in [0.15, 0.2) is 48.5 Å². The molecule has 1 saturated heterocycles. The van der Waals surface area contributed by atoms with Gasteiger partial charge in [0.05, 0.1) is 0 Å². The highest BCUT2D eigenvalue weighted by atomic mass is 19.1. The lowest BCUT2D eigenvalue weighted by Crippen LogP contribution is -2.38. The number of carbonyl (C=O) groups is 2. The molecular weight excluding hydrogens is 319 g/mol. The molecular formula is C20H21FN2O2. The van der Waals surface area contributed by atoms with E-state index in [1.165, 1.54) is 6.07 Å². The number of piperidine rings is 1. The molecule has 0 saturated carbocycles. The van der Waals surface area contributed by atoms with Crippen molar-refractivity contribution in [3.63, 3.8) is 0 Å². The molecule has 5 heteroatoms. The first-order valence-corrected chi connectivity index (χ1v) is 8.46. The predicted octanol–water partition coefficient (Wildman–Crippen LogP) is 3.02. The lowest BCUT2D eigenvalue weighted by atomic mass is 9.90. The summed E-state index contributed by atoms with van der Waals surface area (Å²) in [4.78, 5) is 25.5. The molecule has 1 fully saturated rings. The number of rotatable bonds is 4. The van der Waals surface area contributed by atoms with E-state index in [1.807, 2.05) is 11.0 Å². The van der Waals surface area contributed by atoms with Crippen molar-refractivity contribution in [2.45, 2.75) is 19.3 Å². The second-order valence-corrected chi connectivity index (χ2v) is 6.51. The SMILES string of the molecule is NC(=O)c1ccc(C(=O)N2CCC(Cc3cccc(F)c3)CC2)cc1. The number of hydrogen-bond acceptors (Lipinski definition) is 2. The van der Waals surface area contributed by atoms with Crippen LogP contribution in [-0.2, 0) is 6.42 Å². The van der Waals surface area contributed by atoms with Gasteiger partial charge in [0, 0.05) is 24.2 Å². The average Bonchev–Trinajstić information content (AvgIpc) is 2.62. The standard InChI is InChI=1S/C20H21FN2O2/c21-18-3-1-2-15(13-18)12-14-8-10-23(11-9-14)20(25)17-6-4-16(5-7-17)19(22)24/h1-7,13-14H,8-12H2,(H2,22,24). The molecule has 0 unspecified atom stereocenters. The van der Waals surface area contributed by atoms with Crippen LogP contribution in [0.2, 0.25) is 0 Å². The Balaban J connectivity index is 1.56. The van der Waals surface area contributed by atoms with Crippen molar-refractivity contribution < 1.29 is 14.0 Å². The smallest absolute Gasteiger partial charge is 0.253 e. The molecule has 0 radical (unpaired) electrons. The fraction of sp³-hybridized carbons (Fsp3) is 0.300. The van der Waals surface area contributed by atoms with Crippen LogP contribution in [0.25, 0.3) is 0 Å². The van der Waals surface area contributed by atoms with Gasteiger partial charge in [-0.25, -0.2) is 4.39 Å². The average molecular weight is 340 g/mol.